The molecule has 104 valence electrons. The number of nitrogens with two attached hydrogens (primary N) is 2. The Balaban J connectivity index is 2.32. The summed E-state index contributed by atoms with van der Waals surface area (Å²) in [7, 11) is 1.80. The van der Waals surface area contributed by atoms with E-state index in [4.69, 9.17) is 11.5 Å². The van der Waals surface area contributed by atoms with Crippen molar-refractivity contribution in [3.63, 3.8) is 0 Å². The summed E-state index contributed by atoms with van der Waals surface area (Å²) >= 11 is 0. The van der Waals surface area contributed by atoms with Crippen molar-refractivity contribution in [2.45, 2.75) is 6.54 Å². The number of amides is 1. The van der Waals surface area contributed by atoms with Crippen LogP contribution < -0.4 is 16.4 Å². The van der Waals surface area contributed by atoms with Gasteiger partial charge in [-0.15, -0.1) is 0 Å². The summed E-state index contributed by atoms with van der Waals surface area (Å²) in [5, 5.41) is 0. The third-order valence-corrected chi connectivity index (χ3v) is 3.10. The molecule has 0 saturated carbocycles. The Morgan fingerprint density at radius 1 is 1.25 bits per heavy atom. The second-order valence-electron chi connectivity index (χ2n) is 4.58. The Bertz CT molecular complexity index is 643. The highest BCUT2D eigenvalue weighted by Crippen LogP contribution is 2.23. The predicted octanol–water partition coefficient (Wildman–Crippen LogP) is 2.14. The fourth-order valence-electron chi connectivity index (χ4n) is 2.06. The molecule has 0 saturated heterocycles. The van der Waals surface area contributed by atoms with Gasteiger partial charge in [-0.3, -0.25) is 4.79 Å². The zero-order chi connectivity index (χ0) is 14.7. The van der Waals surface area contributed by atoms with Crippen LogP contribution in [0.1, 0.15) is 15.9 Å². The number of nitrogens with zero attached hydrogens (tertiary/aromatic N) is 1. The molecule has 0 aliphatic carbocycles. The summed E-state index contributed by atoms with van der Waals surface area (Å²) in [6.07, 6.45) is 0. The van der Waals surface area contributed by atoms with Crippen LogP contribution in [0.25, 0.3) is 0 Å². The van der Waals surface area contributed by atoms with Crippen LogP contribution in [0.3, 0.4) is 0 Å². The number of para-hydroxylation sites is 1. The molecule has 4 nitrogen and oxygen atoms in total. The van der Waals surface area contributed by atoms with Crippen molar-refractivity contribution in [3.8, 4) is 0 Å². The molecule has 5 heteroatoms. The van der Waals surface area contributed by atoms with E-state index in [1.807, 2.05) is 29.2 Å². The Morgan fingerprint density at radius 2 is 1.95 bits per heavy atom. The predicted molar refractivity (Wildman–Crippen MR) is 77.9 cm³/mol. The van der Waals surface area contributed by atoms with Crippen molar-refractivity contribution in [1.29, 1.82) is 0 Å². The molecular weight excluding hydrogens is 257 g/mol. The first kappa shape index (κ1) is 13.9. The lowest BCUT2D eigenvalue weighted by Crippen LogP contribution is -2.22. The highest BCUT2D eigenvalue weighted by Gasteiger charge is 2.14. The van der Waals surface area contributed by atoms with Crippen molar-refractivity contribution in [3.05, 3.63) is 59.4 Å². The molecule has 0 atom stereocenters. The van der Waals surface area contributed by atoms with Gasteiger partial charge < -0.3 is 16.4 Å². The first-order valence-corrected chi connectivity index (χ1v) is 6.13. The van der Waals surface area contributed by atoms with Crippen LogP contribution >= 0.6 is 0 Å². The molecule has 0 spiro atoms. The maximum Gasteiger partial charge on any atom is 0.250 e. The van der Waals surface area contributed by atoms with Crippen LogP contribution in [0.2, 0.25) is 0 Å². The second kappa shape index (κ2) is 5.61. The van der Waals surface area contributed by atoms with E-state index in [-0.39, 0.29) is 5.56 Å². The molecule has 20 heavy (non-hydrogen) atoms. The Hall–Kier alpha value is -2.56. The van der Waals surface area contributed by atoms with Gasteiger partial charge in [0.05, 0.1) is 5.56 Å². The number of nitrogen functional groups attached to an aromatic ring is 1. The topological polar surface area (TPSA) is 72.3 Å². The zero-order valence-electron chi connectivity index (χ0n) is 11.1. The van der Waals surface area contributed by atoms with E-state index in [1.54, 1.807) is 7.05 Å². The smallest absolute Gasteiger partial charge is 0.250 e. The third-order valence-electron chi connectivity index (χ3n) is 3.10. The molecule has 1 amide bonds. The highest BCUT2D eigenvalue weighted by atomic mass is 19.1. The molecule has 0 aliphatic heterocycles. The molecule has 2 rings (SSSR count). The monoisotopic (exact) mass is 273 g/mol. The molecule has 0 bridgehead atoms. The van der Waals surface area contributed by atoms with Crippen molar-refractivity contribution in [1.82, 2.24) is 0 Å². The number of rotatable bonds is 4. The minimum atomic E-state index is -0.660. The number of halogens is 1. The van der Waals surface area contributed by atoms with Crippen LogP contribution in [0.4, 0.5) is 15.8 Å². The summed E-state index contributed by atoms with van der Waals surface area (Å²) in [4.78, 5) is 13.2. The van der Waals surface area contributed by atoms with Gasteiger partial charge in [-0.1, -0.05) is 18.2 Å². The first-order valence-electron chi connectivity index (χ1n) is 6.13. The third kappa shape index (κ3) is 2.88. The Morgan fingerprint density at radius 3 is 2.60 bits per heavy atom. The van der Waals surface area contributed by atoms with Gasteiger partial charge in [0.1, 0.15) is 5.82 Å². The quantitative estimate of drug-likeness (QED) is 0.838. The fourth-order valence-corrected chi connectivity index (χ4v) is 2.06. The standard InChI is InChI=1S/C15H16FN3O/c1-19(9-10-4-2-3-5-13(10)17)14-7-6-11(16)8-12(14)15(18)20/h2-8H,9,17H2,1H3,(H2,18,20). The first-order chi connectivity index (χ1) is 9.49. The molecule has 0 aliphatic rings. The minimum Gasteiger partial charge on any atom is -0.398 e. The molecule has 0 heterocycles. The maximum atomic E-state index is 13.2. The van der Waals surface area contributed by atoms with Gasteiger partial charge >= 0.3 is 0 Å². The molecular formula is C15H16FN3O. The molecule has 0 fully saturated rings. The van der Waals surface area contributed by atoms with Gasteiger partial charge in [-0.05, 0) is 29.8 Å². The summed E-state index contributed by atoms with van der Waals surface area (Å²) in [5.74, 6) is -1.15. The summed E-state index contributed by atoms with van der Waals surface area (Å²) < 4.78 is 13.2. The van der Waals surface area contributed by atoms with Crippen LogP contribution in [0.5, 0.6) is 0 Å². The van der Waals surface area contributed by atoms with E-state index >= 15 is 0 Å². The summed E-state index contributed by atoms with van der Waals surface area (Å²) in [5.41, 5.74) is 13.5. The number of carbonyl (C=O) groups excluding carboxylic acids is 1. The van der Waals surface area contributed by atoms with Crippen molar-refractivity contribution in [2.24, 2.45) is 5.73 Å². The largest absolute Gasteiger partial charge is 0.398 e. The zero-order valence-corrected chi connectivity index (χ0v) is 11.1. The highest BCUT2D eigenvalue weighted by molar-refractivity contribution is 5.98. The van der Waals surface area contributed by atoms with E-state index in [0.29, 0.717) is 17.9 Å². The molecule has 2 aromatic rings. The Kier molecular flexibility index (Phi) is 3.89. The number of carbonyl (C=O) groups is 1. The molecule has 4 N–H and O–H groups in total. The van der Waals surface area contributed by atoms with Crippen LogP contribution in [-0.2, 0) is 6.54 Å². The van der Waals surface area contributed by atoms with E-state index in [2.05, 4.69) is 0 Å². The second-order valence-corrected chi connectivity index (χ2v) is 4.58. The number of anilines is 2. The van der Waals surface area contributed by atoms with E-state index in [9.17, 15) is 9.18 Å². The average molecular weight is 273 g/mol. The number of benzene rings is 2. The van der Waals surface area contributed by atoms with Gasteiger partial charge in [0, 0.05) is 25.0 Å². The lowest BCUT2D eigenvalue weighted by molar-refractivity contribution is 0.100. The summed E-state index contributed by atoms with van der Waals surface area (Å²) in [6, 6.07) is 11.4. The fraction of sp³-hybridized carbons (Fsp3) is 0.133. The van der Waals surface area contributed by atoms with Crippen molar-refractivity contribution >= 4 is 17.3 Å². The Labute approximate surface area is 116 Å². The molecule has 0 unspecified atom stereocenters. The van der Waals surface area contributed by atoms with Gasteiger partial charge in [-0.25, -0.2) is 4.39 Å². The van der Waals surface area contributed by atoms with E-state index in [1.165, 1.54) is 12.1 Å². The van der Waals surface area contributed by atoms with Gasteiger partial charge in [0.25, 0.3) is 5.91 Å². The lowest BCUT2D eigenvalue weighted by Gasteiger charge is -2.22. The van der Waals surface area contributed by atoms with Crippen molar-refractivity contribution in [2.75, 3.05) is 17.7 Å². The number of primary amides is 1. The van der Waals surface area contributed by atoms with E-state index < -0.39 is 11.7 Å². The minimum absolute atomic E-state index is 0.155. The average Bonchev–Trinajstić information content (AvgIpc) is 2.41. The van der Waals surface area contributed by atoms with Gasteiger partial charge in [0.2, 0.25) is 0 Å². The van der Waals surface area contributed by atoms with Crippen LogP contribution in [0.15, 0.2) is 42.5 Å². The number of hydrogen-bond donors (Lipinski definition) is 2. The van der Waals surface area contributed by atoms with Gasteiger partial charge in [-0.2, -0.15) is 0 Å². The molecule has 0 radical (unpaired) electrons. The number of hydrogen-bond acceptors (Lipinski definition) is 3. The maximum absolute atomic E-state index is 13.2. The molecule has 0 aromatic heterocycles. The van der Waals surface area contributed by atoms with E-state index in [0.717, 1.165) is 11.6 Å². The lowest BCUT2D eigenvalue weighted by atomic mass is 10.1. The summed E-state index contributed by atoms with van der Waals surface area (Å²) in [6.45, 7) is 0.499. The van der Waals surface area contributed by atoms with Crippen LogP contribution in [0, 0.1) is 5.82 Å². The molecule has 2 aromatic carbocycles. The SMILES string of the molecule is CN(Cc1ccccc1N)c1ccc(F)cc1C(N)=O. The van der Waals surface area contributed by atoms with Gasteiger partial charge in [0.15, 0.2) is 0 Å². The van der Waals surface area contributed by atoms with Crippen LogP contribution in [-0.4, -0.2) is 13.0 Å². The normalized spacial score (nSPS) is 10.3. The van der Waals surface area contributed by atoms with Crippen molar-refractivity contribution < 1.29 is 9.18 Å².